The van der Waals surface area contributed by atoms with Crippen molar-refractivity contribution in [1.82, 2.24) is 4.98 Å². The maximum Gasteiger partial charge on any atom is 0.311 e. The van der Waals surface area contributed by atoms with Gasteiger partial charge in [-0.3, -0.25) is 14.4 Å². The molecule has 7 nitrogen and oxygen atoms in total. The number of amides is 2. The number of hydrogen-bond acceptors (Lipinski definition) is 5. The van der Waals surface area contributed by atoms with Gasteiger partial charge in [-0.1, -0.05) is 23.7 Å². The second-order valence-corrected chi connectivity index (χ2v) is 6.98. The van der Waals surface area contributed by atoms with E-state index in [2.05, 4.69) is 10.3 Å². The molecule has 1 fully saturated rings. The van der Waals surface area contributed by atoms with Crippen LogP contribution in [0.4, 0.5) is 11.4 Å². The van der Waals surface area contributed by atoms with E-state index in [9.17, 15) is 14.4 Å². The Balaban J connectivity index is 1.57. The molecular formula is C20H20ClN3O4. The maximum absolute atomic E-state index is 12.4. The average Bonchev–Trinajstić information content (AvgIpc) is 3.05. The van der Waals surface area contributed by atoms with Gasteiger partial charge in [0.1, 0.15) is 0 Å². The van der Waals surface area contributed by atoms with Gasteiger partial charge in [0.05, 0.1) is 11.6 Å². The summed E-state index contributed by atoms with van der Waals surface area (Å²) >= 11 is 5.87. The summed E-state index contributed by atoms with van der Waals surface area (Å²) in [5.41, 5.74) is 3.20. The van der Waals surface area contributed by atoms with Crippen molar-refractivity contribution in [2.45, 2.75) is 20.3 Å². The van der Waals surface area contributed by atoms with E-state index < -0.39 is 24.4 Å². The van der Waals surface area contributed by atoms with Crippen LogP contribution in [0.2, 0.25) is 5.15 Å². The van der Waals surface area contributed by atoms with Crippen LogP contribution in [0.3, 0.4) is 0 Å². The first-order chi connectivity index (χ1) is 13.4. The first-order valence-corrected chi connectivity index (χ1v) is 9.18. The van der Waals surface area contributed by atoms with Crippen molar-refractivity contribution in [3.8, 4) is 0 Å². The molecule has 1 aromatic carbocycles. The third-order valence-corrected chi connectivity index (χ3v) is 5.01. The number of halogens is 1. The largest absolute Gasteiger partial charge is 0.455 e. The Bertz CT molecular complexity index is 931. The molecule has 146 valence electrons. The minimum atomic E-state index is -0.609. The minimum absolute atomic E-state index is 0.0578. The molecule has 0 bridgehead atoms. The van der Waals surface area contributed by atoms with E-state index in [-0.39, 0.29) is 24.0 Å². The lowest BCUT2D eigenvalue weighted by atomic mass is 10.1. The van der Waals surface area contributed by atoms with Gasteiger partial charge in [0.15, 0.2) is 11.8 Å². The maximum atomic E-state index is 12.4. The van der Waals surface area contributed by atoms with Gasteiger partial charge in [-0.05, 0) is 43.2 Å². The van der Waals surface area contributed by atoms with E-state index in [4.69, 9.17) is 16.3 Å². The van der Waals surface area contributed by atoms with Gasteiger partial charge in [-0.2, -0.15) is 0 Å². The molecule has 1 aliphatic heterocycles. The van der Waals surface area contributed by atoms with Gasteiger partial charge in [-0.25, -0.2) is 4.98 Å². The number of pyridine rings is 1. The van der Waals surface area contributed by atoms with Crippen LogP contribution in [0.1, 0.15) is 17.5 Å². The van der Waals surface area contributed by atoms with Gasteiger partial charge in [-0.15, -0.1) is 0 Å². The van der Waals surface area contributed by atoms with Crippen LogP contribution in [-0.2, 0) is 19.1 Å². The normalized spacial score (nSPS) is 16.2. The second-order valence-electron chi connectivity index (χ2n) is 6.62. The van der Waals surface area contributed by atoms with Crippen LogP contribution >= 0.6 is 11.6 Å². The van der Waals surface area contributed by atoms with Crippen molar-refractivity contribution < 1.29 is 19.1 Å². The molecule has 2 aromatic rings. The summed E-state index contributed by atoms with van der Waals surface area (Å²) in [4.78, 5) is 42.1. The van der Waals surface area contributed by atoms with Crippen molar-refractivity contribution in [2.24, 2.45) is 5.92 Å². The first kappa shape index (κ1) is 19.8. The molecule has 2 heterocycles. The van der Waals surface area contributed by atoms with E-state index in [0.29, 0.717) is 5.69 Å². The van der Waals surface area contributed by atoms with E-state index in [1.165, 1.54) is 6.20 Å². The molecule has 3 rings (SSSR count). The van der Waals surface area contributed by atoms with Crippen LogP contribution in [0.15, 0.2) is 36.5 Å². The number of carbonyl (C=O) groups is 3. The van der Waals surface area contributed by atoms with Gasteiger partial charge in [0, 0.05) is 24.8 Å². The third kappa shape index (κ3) is 4.31. The highest BCUT2D eigenvalue weighted by molar-refractivity contribution is 6.32. The lowest BCUT2D eigenvalue weighted by Gasteiger charge is -2.20. The molecule has 0 radical (unpaired) electrons. The molecule has 0 unspecified atom stereocenters. The summed E-state index contributed by atoms with van der Waals surface area (Å²) in [5.74, 6) is -1.85. The molecular weight excluding hydrogens is 382 g/mol. The van der Waals surface area contributed by atoms with Crippen molar-refractivity contribution in [3.63, 3.8) is 0 Å². The third-order valence-electron chi connectivity index (χ3n) is 4.70. The fourth-order valence-electron chi connectivity index (χ4n) is 3.05. The fraction of sp³-hybridized carbons (Fsp3) is 0.300. The van der Waals surface area contributed by atoms with Crippen LogP contribution < -0.4 is 10.2 Å². The van der Waals surface area contributed by atoms with Crippen LogP contribution in [0.5, 0.6) is 0 Å². The highest BCUT2D eigenvalue weighted by Crippen LogP contribution is 2.29. The molecule has 28 heavy (non-hydrogen) atoms. The number of esters is 1. The first-order valence-electron chi connectivity index (χ1n) is 8.80. The smallest absolute Gasteiger partial charge is 0.311 e. The Morgan fingerprint density at radius 1 is 1.29 bits per heavy atom. The zero-order chi connectivity index (χ0) is 20.3. The predicted octanol–water partition coefficient (Wildman–Crippen LogP) is 2.89. The number of aryl methyl sites for hydroxylation is 1. The molecule has 1 aromatic heterocycles. The average molecular weight is 402 g/mol. The van der Waals surface area contributed by atoms with Gasteiger partial charge in [0.25, 0.3) is 5.91 Å². The Labute approximate surface area is 167 Å². The van der Waals surface area contributed by atoms with Crippen molar-refractivity contribution in [3.05, 3.63) is 52.8 Å². The zero-order valence-electron chi connectivity index (χ0n) is 15.6. The molecule has 1 saturated heterocycles. The molecule has 1 N–H and O–H groups in total. The number of nitrogens with one attached hydrogen (secondary N) is 1. The number of hydrogen-bond donors (Lipinski definition) is 1. The highest BCUT2D eigenvalue weighted by atomic mass is 35.5. The molecule has 0 spiro atoms. The molecule has 0 aliphatic carbocycles. The lowest BCUT2D eigenvalue weighted by Crippen LogP contribution is -2.28. The number of benzene rings is 1. The van der Waals surface area contributed by atoms with Crippen LogP contribution in [0.25, 0.3) is 0 Å². The summed E-state index contributed by atoms with van der Waals surface area (Å²) in [7, 11) is 0. The Kier molecular flexibility index (Phi) is 5.94. The van der Waals surface area contributed by atoms with Crippen LogP contribution in [-0.4, -0.2) is 35.9 Å². The summed E-state index contributed by atoms with van der Waals surface area (Å²) in [6.45, 7) is 3.69. The fourth-order valence-corrected chi connectivity index (χ4v) is 3.21. The summed E-state index contributed by atoms with van der Waals surface area (Å²) in [6, 6.07) is 8.92. The van der Waals surface area contributed by atoms with Crippen molar-refractivity contribution in [2.75, 3.05) is 23.4 Å². The van der Waals surface area contributed by atoms with E-state index in [0.717, 1.165) is 16.8 Å². The molecule has 1 atom stereocenters. The van der Waals surface area contributed by atoms with Crippen molar-refractivity contribution in [1.29, 1.82) is 0 Å². The molecule has 2 amide bonds. The Morgan fingerprint density at radius 3 is 2.82 bits per heavy atom. The zero-order valence-corrected chi connectivity index (χ0v) is 16.3. The highest BCUT2D eigenvalue weighted by Gasteiger charge is 2.37. The number of aromatic nitrogens is 1. The number of rotatable bonds is 5. The SMILES string of the molecule is Cc1cccc(N2C[C@@H](C(=O)OCC(=O)Nc3cccnc3Cl)CC2=O)c1C. The topological polar surface area (TPSA) is 88.6 Å². The Morgan fingerprint density at radius 2 is 2.07 bits per heavy atom. The molecule has 8 heteroatoms. The number of carbonyl (C=O) groups excluding carboxylic acids is 3. The van der Waals surface area contributed by atoms with E-state index >= 15 is 0 Å². The minimum Gasteiger partial charge on any atom is -0.455 e. The summed E-state index contributed by atoms with van der Waals surface area (Å²) in [6.07, 6.45) is 1.55. The van der Waals surface area contributed by atoms with Gasteiger partial charge in [0.2, 0.25) is 5.91 Å². The predicted molar refractivity (Wildman–Crippen MR) is 105 cm³/mol. The quantitative estimate of drug-likeness (QED) is 0.614. The van der Waals surface area contributed by atoms with E-state index in [1.54, 1.807) is 17.0 Å². The van der Waals surface area contributed by atoms with Crippen molar-refractivity contribution >= 4 is 40.8 Å². The number of nitrogens with zero attached hydrogens (tertiary/aromatic N) is 2. The lowest BCUT2D eigenvalue weighted by molar-refractivity contribution is -0.151. The van der Waals surface area contributed by atoms with Crippen LogP contribution in [0, 0.1) is 19.8 Å². The number of ether oxygens (including phenoxy) is 1. The van der Waals surface area contributed by atoms with Gasteiger partial charge >= 0.3 is 5.97 Å². The monoisotopic (exact) mass is 401 g/mol. The molecule has 0 saturated carbocycles. The van der Waals surface area contributed by atoms with E-state index in [1.807, 2.05) is 32.0 Å². The second kappa shape index (κ2) is 8.39. The standard InChI is InChI=1S/C20H20ClN3O4/c1-12-5-3-7-16(13(12)2)24-10-14(9-18(24)26)20(27)28-11-17(25)23-15-6-4-8-22-19(15)21/h3-8,14H,9-11H2,1-2H3,(H,23,25)/t14-/m0/s1. The Hall–Kier alpha value is -2.93. The summed E-state index contributed by atoms with van der Waals surface area (Å²) < 4.78 is 5.09. The van der Waals surface area contributed by atoms with Gasteiger partial charge < -0.3 is 15.0 Å². The number of anilines is 2. The molecule has 1 aliphatic rings. The summed E-state index contributed by atoms with van der Waals surface area (Å²) in [5, 5.41) is 2.67.